The average Bonchev–Trinajstić information content (AvgIpc) is 3.45. The van der Waals surface area contributed by atoms with Crippen LogP contribution in [0.1, 0.15) is 202 Å². The first kappa shape index (κ1) is 53.8. The Morgan fingerprint density at radius 1 is 0.672 bits per heavy atom. The Bertz CT molecular complexity index is 1120. The lowest BCUT2D eigenvalue weighted by molar-refractivity contribution is -0.880. The minimum atomic E-state index is -0.794. The summed E-state index contributed by atoms with van der Waals surface area (Å²) in [6.07, 6.45) is 20.8. The third-order valence-corrected chi connectivity index (χ3v) is 12.6. The molecule has 1 heterocycles. The predicted octanol–water partition coefficient (Wildman–Crippen LogP) is 10.2. The van der Waals surface area contributed by atoms with E-state index in [1.807, 2.05) is 13.8 Å². The van der Waals surface area contributed by atoms with Crippen molar-refractivity contribution in [2.24, 2.45) is 35.3 Å². The van der Waals surface area contributed by atoms with E-state index in [2.05, 4.69) is 34.9 Å². The molecule has 1 fully saturated rings. The SMILES string of the molecule is CCCCCCCCCCCCC1C[N+](C)(C)CC1CC(CCC(CC(=O)OC(CC(O)CCC)CC(CCC)OC(C)=O)C(=O)OCC(CC)CCCC)C(N)=O. The molecule has 1 amide bonds. The number of unbranched alkanes of at least 4 members (excludes halogenated alkanes) is 10. The second-order valence-corrected chi connectivity index (χ2v) is 18.7. The van der Waals surface area contributed by atoms with E-state index in [9.17, 15) is 24.3 Å². The van der Waals surface area contributed by atoms with Crippen molar-refractivity contribution in [3.05, 3.63) is 0 Å². The van der Waals surface area contributed by atoms with Crippen molar-refractivity contribution < 1.29 is 43.0 Å². The van der Waals surface area contributed by atoms with Crippen LogP contribution in [0.3, 0.4) is 0 Å². The molecule has 0 radical (unpaired) electrons. The summed E-state index contributed by atoms with van der Waals surface area (Å²) in [6.45, 7) is 14.2. The van der Waals surface area contributed by atoms with Gasteiger partial charge in [0.05, 0.1) is 52.2 Å². The quantitative estimate of drug-likeness (QED) is 0.0275. The summed E-state index contributed by atoms with van der Waals surface area (Å²) in [5.74, 6) is -1.83. The molecule has 1 saturated heterocycles. The van der Waals surface area contributed by atoms with Crippen molar-refractivity contribution in [1.29, 1.82) is 0 Å². The van der Waals surface area contributed by atoms with Crippen LogP contribution in [0, 0.1) is 29.6 Å². The Kier molecular flexibility index (Phi) is 29.4. The number of nitrogens with zero attached hydrogens (tertiary/aromatic N) is 1. The largest absolute Gasteiger partial charge is 0.465 e. The summed E-state index contributed by atoms with van der Waals surface area (Å²) in [5, 5.41) is 10.7. The van der Waals surface area contributed by atoms with Crippen LogP contribution < -0.4 is 5.73 Å². The number of nitrogens with two attached hydrogens (primary N) is 1. The molecule has 8 unspecified atom stereocenters. The molecule has 58 heavy (non-hydrogen) atoms. The van der Waals surface area contributed by atoms with Crippen molar-refractivity contribution in [1.82, 2.24) is 0 Å². The minimum absolute atomic E-state index is 0.197. The topological polar surface area (TPSA) is 142 Å². The number of aliphatic hydroxyl groups excluding tert-OH is 1. The van der Waals surface area contributed by atoms with Gasteiger partial charge in [0.1, 0.15) is 12.2 Å². The van der Waals surface area contributed by atoms with Gasteiger partial charge < -0.3 is 29.5 Å². The van der Waals surface area contributed by atoms with Crippen molar-refractivity contribution in [2.45, 2.75) is 220 Å². The number of primary amides is 1. The Hall–Kier alpha value is -2.20. The van der Waals surface area contributed by atoms with Gasteiger partial charge >= 0.3 is 17.9 Å². The third kappa shape index (κ3) is 24.8. The van der Waals surface area contributed by atoms with Gasteiger partial charge in [-0.1, -0.05) is 131 Å². The molecular weight excluding hydrogens is 733 g/mol. The number of quaternary nitrogens is 1. The maximum absolute atomic E-state index is 13.8. The van der Waals surface area contributed by atoms with Crippen molar-refractivity contribution in [3.8, 4) is 0 Å². The highest BCUT2D eigenvalue weighted by molar-refractivity contribution is 5.80. The Balaban J connectivity index is 3.08. The number of ether oxygens (including phenoxy) is 3. The number of amides is 1. The number of hydrogen-bond acceptors (Lipinski definition) is 8. The molecule has 340 valence electrons. The summed E-state index contributed by atoms with van der Waals surface area (Å²) in [5.41, 5.74) is 6.09. The second-order valence-electron chi connectivity index (χ2n) is 18.7. The number of carbonyl (C=O) groups is 4. The molecule has 0 aromatic rings. The highest BCUT2D eigenvalue weighted by Gasteiger charge is 2.41. The van der Waals surface area contributed by atoms with E-state index in [-0.39, 0.29) is 37.5 Å². The van der Waals surface area contributed by atoms with Gasteiger partial charge in [-0.05, 0) is 50.9 Å². The minimum Gasteiger partial charge on any atom is -0.465 e. The van der Waals surface area contributed by atoms with Gasteiger partial charge in [0, 0.05) is 37.5 Å². The van der Waals surface area contributed by atoms with Gasteiger partial charge in [0.2, 0.25) is 5.91 Å². The molecule has 1 rings (SSSR count). The van der Waals surface area contributed by atoms with E-state index in [0.29, 0.717) is 44.1 Å². The molecule has 1 aliphatic heterocycles. The Labute approximate surface area is 355 Å². The predicted molar refractivity (Wildman–Crippen MR) is 235 cm³/mol. The number of rotatable bonds is 36. The highest BCUT2D eigenvalue weighted by atomic mass is 16.6. The van der Waals surface area contributed by atoms with E-state index in [4.69, 9.17) is 19.9 Å². The maximum Gasteiger partial charge on any atom is 0.309 e. The lowest BCUT2D eigenvalue weighted by Crippen LogP contribution is -2.37. The number of likely N-dealkylation sites (tertiary alicyclic amines) is 1. The first-order valence-corrected chi connectivity index (χ1v) is 24.0. The van der Waals surface area contributed by atoms with Crippen LogP contribution in [0.5, 0.6) is 0 Å². The fraction of sp³-hybridized carbons (Fsp3) is 0.917. The van der Waals surface area contributed by atoms with Crippen LogP contribution in [0.2, 0.25) is 0 Å². The lowest BCUT2D eigenvalue weighted by Gasteiger charge is -2.26. The average molecular weight is 824 g/mol. The molecular formula is C48H91N2O8+. The summed E-state index contributed by atoms with van der Waals surface area (Å²) < 4.78 is 18.4. The zero-order valence-corrected chi connectivity index (χ0v) is 38.7. The van der Waals surface area contributed by atoms with E-state index in [1.165, 1.54) is 71.1 Å². The maximum atomic E-state index is 13.8. The van der Waals surface area contributed by atoms with E-state index < -0.39 is 48.1 Å². The molecule has 3 N–H and O–H groups in total. The van der Waals surface area contributed by atoms with E-state index in [1.54, 1.807) is 0 Å². The van der Waals surface area contributed by atoms with Crippen molar-refractivity contribution in [3.63, 3.8) is 0 Å². The van der Waals surface area contributed by atoms with Gasteiger partial charge in [-0.25, -0.2) is 0 Å². The van der Waals surface area contributed by atoms with Crippen LogP contribution in [-0.2, 0) is 33.4 Å². The summed E-state index contributed by atoms with van der Waals surface area (Å²) in [7, 11) is 4.55. The molecule has 10 nitrogen and oxygen atoms in total. The summed E-state index contributed by atoms with van der Waals surface area (Å²) in [6, 6.07) is 0. The first-order chi connectivity index (χ1) is 27.7. The Morgan fingerprint density at radius 3 is 1.83 bits per heavy atom. The molecule has 0 aliphatic carbocycles. The molecule has 10 heteroatoms. The van der Waals surface area contributed by atoms with Gasteiger partial charge in [-0.3, -0.25) is 19.2 Å². The molecule has 8 atom stereocenters. The fourth-order valence-corrected chi connectivity index (χ4v) is 9.25. The molecule has 0 aromatic carbocycles. The summed E-state index contributed by atoms with van der Waals surface area (Å²) >= 11 is 0. The summed E-state index contributed by atoms with van der Waals surface area (Å²) in [4.78, 5) is 52.4. The van der Waals surface area contributed by atoms with Crippen LogP contribution in [-0.4, -0.2) is 85.5 Å². The monoisotopic (exact) mass is 824 g/mol. The Morgan fingerprint density at radius 2 is 1.26 bits per heavy atom. The standard InChI is InChI=1S/C48H90N2O8/c1-9-14-16-17-18-19-20-21-22-23-27-41-34-50(7,8)35-42(41)30-39(47(49)54)28-29-40(48(55)56-36-38(13-5)26-15-10-2)31-46(53)58-45(32-43(52)24-11-3)33-44(25-12-4)57-37(6)51/h38-45,52H,9-36H2,1-8H3,(H-,49,54)/p+1. The number of hydrogen-bond donors (Lipinski definition) is 2. The number of aliphatic hydroxyl groups is 1. The van der Waals surface area contributed by atoms with Crippen molar-refractivity contribution in [2.75, 3.05) is 33.8 Å². The lowest BCUT2D eigenvalue weighted by atomic mass is 9.81. The normalized spacial score (nSPS) is 19.5. The zero-order chi connectivity index (χ0) is 43.3. The molecule has 0 bridgehead atoms. The van der Waals surface area contributed by atoms with Crippen LogP contribution in [0.25, 0.3) is 0 Å². The van der Waals surface area contributed by atoms with Crippen LogP contribution in [0.4, 0.5) is 0 Å². The molecule has 0 spiro atoms. The van der Waals surface area contributed by atoms with Crippen LogP contribution >= 0.6 is 0 Å². The molecule has 1 aliphatic rings. The first-order valence-electron chi connectivity index (χ1n) is 24.0. The zero-order valence-electron chi connectivity index (χ0n) is 38.7. The third-order valence-electron chi connectivity index (χ3n) is 12.6. The number of esters is 3. The van der Waals surface area contributed by atoms with Gasteiger partial charge in [0.25, 0.3) is 0 Å². The van der Waals surface area contributed by atoms with Crippen molar-refractivity contribution >= 4 is 23.8 Å². The van der Waals surface area contributed by atoms with Gasteiger partial charge in [-0.2, -0.15) is 0 Å². The second kappa shape index (κ2) is 31.6. The number of carbonyl (C=O) groups excluding carboxylic acids is 4. The fourth-order valence-electron chi connectivity index (χ4n) is 9.25. The molecule has 0 aromatic heterocycles. The van der Waals surface area contributed by atoms with E-state index >= 15 is 0 Å². The van der Waals surface area contributed by atoms with E-state index in [0.717, 1.165) is 62.5 Å². The molecule has 0 saturated carbocycles. The van der Waals surface area contributed by atoms with Gasteiger partial charge in [-0.15, -0.1) is 0 Å². The van der Waals surface area contributed by atoms with Crippen LogP contribution in [0.15, 0.2) is 0 Å². The van der Waals surface area contributed by atoms with Gasteiger partial charge in [0.15, 0.2) is 0 Å². The smallest absolute Gasteiger partial charge is 0.309 e. The highest BCUT2D eigenvalue weighted by Crippen LogP contribution is 2.37.